The summed E-state index contributed by atoms with van der Waals surface area (Å²) in [5.41, 5.74) is 0.736. The number of nitrogens with zero attached hydrogens (tertiary/aromatic N) is 1. The van der Waals surface area contributed by atoms with Gasteiger partial charge < -0.3 is 51.9 Å². The minimum atomic E-state index is -1.45. The summed E-state index contributed by atoms with van der Waals surface area (Å²) in [6.07, 6.45) is 15.1. The van der Waals surface area contributed by atoms with E-state index >= 15 is 0 Å². The van der Waals surface area contributed by atoms with Crippen molar-refractivity contribution in [2.45, 2.75) is 121 Å². The Balaban J connectivity index is 1.52. The molecule has 1 aliphatic heterocycles. The highest BCUT2D eigenvalue weighted by Crippen LogP contribution is 2.38. The van der Waals surface area contributed by atoms with Crippen molar-refractivity contribution >= 4 is 41.4 Å². The van der Waals surface area contributed by atoms with Crippen LogP contribution in [-0.2, 0) is 40.0 Å². The number of likely N-dealkylation sites (N-methyl/N-ethyl adjacent to an activating group) is 1. The number of nitrogens with one attached hydrogen (secondary N) is 5. The van der Waals surface area contributed by atoms with Crippen molar-refractivity contribution in [2.75, 3.05) is 33.3 Å². The molecule has 0 aromatic heterocycles. The van der Waals surface area contributed by atoms with E-state index in [4.69, 9.17) is 0 Å². The first-order chi connectivity index (χ1) is 28.7. The number of fused-ring (bicyclic) bond motifs is 5. The van der Waals surface area contributed by atoms with Crippen LogP contribution < -0.4 is 26.6 Å². The molecule has 330 valence electrons. The standard InChI is InChI=1S/C43H62N6O11/c1-3-4-5-6-7-8-9-10-11-12-13-14-15-16-36(53)48-33(27-50)41(57)45-24-37(54)44-26-39(56)49(2)40-29-18-20-35(52)31(23-29)30-21-28(17-19-34(30)51)22-32(43(59)60)47-38(55)25-46-42(40)58/h17-21,23,32-33,40,50-52H,3-16,22,24-27H2,1-2H3,(H,44,54)(H,45,57)(H,46,58)(H,47,55)(H,48,53)(H,59,60). The van der Waals surface area contributed by atoms with E-state index in [9.17, 15) is 54.0 Å². The maximum absolute atomic E-state index is 13.6. The van der Waals surface area contributed by atoms with E-state index in [2.05, 4.69) is 33.5 Å². The first-order valence-electron chi connectivity index (χ1n) is 20.9. The maximum Gasteiger partial charge on any atom is 0.326 e. The number of phenolic OH excluding ortho intramolecular Hbond substituents is 2. The van der Waals surface area contributed by atoms with Crippen molar-refractivity contribution in [3.63, 3.8) is 0 Å². The number of phenols is 2. The Kier molecular flexibility index (Phi) is 20.8. The number of carboxylic acid groups (broad SMARTS) is 1. The number of benzene rings is 2. The molecule has 2 aromatic rings. The van der Waals surface area contributed by atoms with Gasteiger partial charge in [-0.2, -0.15) is 0 Å². The molecule has 17 heteroatoms. The third-order valence-corrected chi connectivity index (χ3v) is 10.4. The number of carboxylic acids is 1. The Labute approximate surface area is 351 Å². The first kappa shape index (κ1) is 48.7. The minimum absolute atomic E-state index is 0.0690. The van der Waals surface area contributed by atoms with Gasteiger partial charge >= 0.3 is 5.97 Å². The number of carbonyl (C=O) groups excluding carboxylic acids is 6. The van der Waals surface area contributed by atoms with E-state index in [1.54, 1.807) is 0 Å². The van der Waals surface area contributed by atoms with Crippen molar-refractivity contribution < 1.29 is 54.0 Å². The summed E-state index contributed by atoms with van der Waals surface area (Å²) >= 11 is 0. The predicted octanol–water partition coefficient (Wildman–Crippen LogP) is 2.70. The van der Waals surface area contributed by atoms with Gasteiger partial charge in [0.2, 0.25) is 35.4 Å². The molecule has 0 radical (unpaired) electrons. The summed E-state index contributed by atoms with van der Waals surface area (Å²) in [7, 11) is 1.27. The van der Waals surface area contributed by atoms with Gasteiger partial charge in [-0.1, -0.05) is 96.1 Å². The molecule has 0 aliphatic carbocycles. The third-order valence-electron chi connectivity index (χ3n) is 10.4. The smallest absolute Gasteiger partial charge is 0.326 e. The lowest BCUT2D eigenvalue weighted by atomic mass is 9.94. The average molecular weight is 839 g/mol. The summed E-state index contributed by atoms with van der Waals surface area (Å²) in [6.45, 7) is -0.353. The lowest BCUT2D eigenvalue weighted by Gasteiger charge is -2.28. The molecule has 1 heterocycles. The second-order valence-corrected chi connectivity index (χ2v) is 15.2. The average Bonchev–Trinajstić information content (AvgIpc) is 3.22. The fraction of sp³-hybridized carbons (Fsp3) is 0.558. The highest BCUT2D eigenvalue weighted by Gasteiger charge is 2.31. The van der Waals surface area contributed by atoms with E-state index in [0.717, 1.165) is 24.2 Å². The molecule has 9 N–H and O–H groups in total. The molecule has 6 amide bonds. The fourth-order valence-corrected chi connectivity index (χ4v) is 6.92. The summed E-state index contributed by atoms with van der Waals surface area (Å²) < 4.78 is 0. The van der Waals surface area contributed by atoms with Gasteiger partial charge in [0, 0.05) is 31.0 Å². The monoisotopic (exact) mass is 838 g/mol. The topological polar surface area (TPSA) is 264 Å². The van der Waals surface area contributed by atoms with Crippen molar-refractivity contribution in [1.82, 2.24) is 31.5 Å². The van der Waals surface area contributed by atoms with Crippen molar-refractivity contribution in [3.8, 4) is 22.6 Å². The number of hydrogen-bond acceptors (Lipinski definition) is 10. The number of aromatic hydroxyl groups is 2. The van der Waals surface area contributed by atoms with Crippen LogP contribution in [0.1, 0.15) is 114 Å². The zero-order valence-corrected chi connectivity index (χ0v) is 34.7. The molecular weight excluding hydrogens is 777 g/mol. The SMILES string of the molecule is CCCCCCCCCCCCCCCC(=O)NC(CO)C(=O)NCC(=O)NCC(=O)N(C)C1C(=O)NCC(=O)NC(C(=O)O)Cc2ccc(O)c(c2)-c2cc1ccc2O. The van der Waals surface area contributed by atoms with Crippen LogP contribution in [0.2, 0.25) is 0 Å². The third kappa shape index (κ3) is 16.2. The van der Waals surface area contributed by atoms with Crippen LogP contribution in [0.5, 0.6) is 11.5 Å². The predicted molar refractivity (Wildman–Crippen MR) is 222 cm³/mol. The highest BCUT2D eigenvalue weighted by atomic mass is 16.4. The van der Waals surface area contributed by atoms with Crippen LogP contribution in [0.25, 0.3) is 11.1 Å². The number of unbranched alkanes of at least 4 members (excludes halogenated alkanes) is 12. The lowest BCUT2D eigenvalue weighted by molar-refractivity contribution is -0.142. The van der Waals surface area contributed by atoms with Crippen molar-refractivity contribution in [1.29, 1.82) is 0 Å². The van der Waals surface area contributed by atoms with Gasteiger partial charge in [-0.3, -0.25) is 28.8 Å². The van der Waals surface area contributed by atoms with E-state index < -0.39 is 85.8 Å². The molecule has 60 heavy (non-hydrogen) atoms. The van der Waals surface area contributed by atoms with E-state index in [-0.39, 0.29) is 41.0 Å². The quantitative estimate of drug-likeness (QED) is 0.0735. The molecule has 0 fully saturated rings. The Morgan fingerprint density at radius 1 is 0.783 bits per heavy atom. The Morgan fingerprint density at radius 2 is 1.37 bits per heavy atom. The molecule has 0 saturated heterocycles. The number of aliphatic carboxylic acids is 1. The second kappa shape index (κ2) is 25.7. The summed E-state index contributed by atoms with van der Waals surface area (Å²) in [4.78, 5) is 90.4. The fourth-order valence-electron chi connectivity index (χ4n) is 6.92. The molecule has 17 nitrogen and oxygen atoms in total. The number of rotatable bonds is 23. The first-order valence-corrected chi connectivity index (χ1v) is 20.9. The van der Waals surface area contributed by atoms with Gasteiger partial charge in [-0.05, 0) is 41.8 Å². The molecule has 3 rings (SSSR count). The summed E-state index contributed by atoms with van der Waals surface area (Å²) in [5.74, 6) is -6.35. The van der Waals surface area contributed by atoms with E-state index in [1.807, 2.05) is 0 Å². The van der Waals surface area contributed by atoms with Gasteiger partial charge in [-0.25, -0.2) is 4.79 Å². The lowest BCUT2D eigenvalue weighted by Crippen LogP contribution is -2.51. The van der Waals surface area contributed by atoms with Crippen LogP contribution in [0.15, 0.2) is 36.4 Å². The van der Waals surface area contributed by atoms with Crippen molar-refractivity contribution in [2.24, 2.45) is 0 Å². The van der Waals surface area contributed by atoms with Gasteiger partial charge in [0.25, 0.3) is 0 Å². The molecule has 0 saturated carbocycles. The zero-order valence-electron chi connectivity index (χ0n) is 34.7. The summed E-state index contributed by atoms with van der Waals surface area (Å²) in [5, 5.41) is 52.8. The number of amides is 6. The van der Waals surface area contributed by atoms with Crippen molar-refractivity contribution in [3.05, 3.63) is 47.5 Å². The minimum Gasteiger partial charge on any atom is -0.507 e. The van der Waals surface area contributed by atoms with Crippen LogP contribution >= 0.6 is 0 Å². The maximum atomic E-state index is 13.6. The Morgan fingerprint density at radius 3 is 1.97 bits per heavy atom. The second-order valence-electron chi connectivity index (χ2n) is 15.2. The molecule has 1 aliphatic rings. The Hall–Kier alpha value is -5.71. The molecule has 2 aromatic carbocycles. The van der Waals surface area contributed by atoms with Gasteiger partial charge in [-0.15, -0.1) is 0 Å². The van der Waals surface area contributed by atoms with E-state index in [0.29, 0.717) is 12.0 Å². The van der Waals surface area contributed by atoms with Crippen LogP contribution in [0.4, 0.5) is 0 Å². The Bertz CT molecular complexity index is 1790. The summed E-state index contributed by atoms with van der Waals surface area (Å²) in [6, 6.07) is 4.07. The van der Waals surface area contributed by atoms with Crippen LogP contribution in [0.3, 0.4) is 0 Å². The largest absolute Gasteiger partial charge is 0.507 e. The highest BCUT2D eigenvalue weighted by molar-refractivity contribution is 5.95. The molecule has 3 atom stereocenters. The molecule has 3 unspecified atom stereocenters. The molecule has 0 spiro atoms. The normalized spacial score (nSPS) is 15.7. The van der Waals surface area contributed by atoms with E-state index in [1.165, 1.54) is 101 Å². The zero-order chi connectivity index (χ0) is 44.0. The number of hydrogen-bond donors (Lipinski definition) is 9. The van der Waals surface area contributed by atoms with Gasteiger partial charge in [0.1, 0.15) is 29.6 Å². The molecule has 4 bridgehead atoms. The van der Waals surface area contributed by atoms with Crippen LogP contribution in [0, 0.1) is 0 Å². The number of aliphatic hydroxyl groups is 1. The van der Waals surface area contributed by atoms with Gasteiger partial charge in [0.05, 0.1) is 26.2 Å². The van der Waals surface area contributed by atoms with Crippen LogP contribution in [-0.4, -0.2) is 112 Å². The number of aliphatic hydroxyl groups excluding tert-OH is 1. The number of carbonyl (C=O) groups is 7. The molecular formula is C43H62N6O11. The van der Waals surface area contributed by atoms with Gasteiger partial charge in [0.15, 0.2) is 0 Å².